The lowest BCUT2D eigenvalue weighted by atomic mass is 10.2. The molecule has 0 aliphatic heterocycles. The smallest absolute Gasteiger partial charge is 0.250 e. The summed E-state index contributed by atoms with van der Waals surface area (Å²) in [7, 11) is 1.79. The van der Waals surface area contributed by atoms with Crippen molar-refractivity contribution < 1.29 is 0 Å². The number of rotatable bonds is 3. The molecule has 4 heteroatoms. The first-order valence-electron chi connectivity index (χ1n) is 6.71. The zero-order valence-corrected chi connectivity index (χ0v) is 12.4. The number of halogens is 1. The van der Waals surface area contributed by atoms with Gasteiger partial charge in [-0.3, -0.25) is 4.79 Å². The average molecular weight is 299 g/mol. The number of aryl methyl sites for hydroxylation is 1. The lowest BCUT2D eigenvalue weighted by molar-refractivity contribution is 0.906. The van der Waals surface area contributed by atoms with Crippen molar-refractivity contribution in [2.75, 3.05) is 5.32 Å². The number of hydrogen-bond acceptors (Lipinski definition) is 2. The second kappa shape index (κ2) is 5.62. The van der Waals surface area contributed by atoms with E-state index < -0.39 is 0 Å². The van der Waals surface area contributed by atoms with Crippen molar-refractivity contribution in [1.82, 2.24) is 4.57 Å². The Kier molecular flexibility index (Phi) is 3.67. The summed E-state index contributed by atoms with van der Waals surface area (Å²) in [6.45, 7) is 0.712. The van der Waals surface area contributed by atoms with Crippen LogP contribution in [0.3, 0.4) is 0 Å². The van der Waals surface area contributed by atoms with Gasteiger partial charge < -0.3 is 9.88 Å². The van der Waals surface area contributed by atoms with Crippen molar-refractivity contribution in [2.45, 2.75) is 6.54 Å². The van der Waals surface area contributed by atoms with Gasteiger partial charge >= 0.3 is 0 Å². The molecule has 0 atom stereocenters. The maximum Gasteiger partial charge on any atom is 0.250 e. The maximum atomic E-state index is 11.7. The fourth-order valence-corrected chi connectivity index (χ4v) is 2.41. The zero-order chi connectivity index (χ0) is 14.8. The van der Waals surface area contributed by atoms with Crippen LogP contribution in [0.2, 0.25) is 5.02 Å². The van der Waals surface area contributed by atoms with Crippen molar-refractivity contribution in [3.63, 3.8) is 0 Å². The molecule has 0 radical (unpaired) electrons. The van der Waals surface area contributed by atoms with Crippen LogP contribution in [0.25, 0.3) is 10.9 Å². The van der Waals surface area contributed by atoms with Gasteiger partial charge in [-0.05, 0) is 41.3 Å². The molecule has 3 nitrogen and oxygen atoms in total. The Labute approximate surface area is 127 Å². The molecule has 0 unspecified atom stereocenters. The highest BCUT2D eigenvalue weighted by Crippen LogP contribution is 2.18. The van der Waals surface area contributed by atoms with E-state index in [1.54, 1.807) is 17.7 Å². The normalized spacial score (nSPS) is 10.8. The third-order valence-corrected chi connectivity index (χ3v) is 3.79. The lowest BCUT2D eigenvalue weighted by Gasteiger charge is -2.10. The first-order valence-corrected chi connectivity index (χ1v) is 7.09. The topological polar surface area (TPSA) is 34.0 Å². The van der Waals surface area contributed by atoms with Crippen LogP contribution in [-0.2, 0) is 13.6 Å². The highest BCUT2D eigenvalue weighted by molar-refractivity contribution is 6.30. The van der Waals surface area contributed by atoms with Gasteiger partial charge in [-0.2, -0.15) is 0 Å². The van der Waals surface area contributed by atoms with E-state index in [1.165, 1.54) is 0 Å². The summed E-state index contributed by atoms with van der Waals surface area (Å²) in [4.78, 5) is 11.7. The summed E-state index contributed by atoms with van der Waals surface area (Å²) >= 11 is 5.87. The van der Waals surface area contributed by atoms with Gasteiger partial charge in [0, 0.05) is 30.4 Å². The molecule has 2 aromatic carbocycles. The zero-order valence-electron chi connectivity index (χ0n) is 11.6. The average Bonchev–Trinajstić information content (AvgIpc) is 2.51. The van der Waals surface area contributed by atoms with Gasteiger partial charge in [0.1, 0.15) is 0 Å². The van der Waals surface area contributed by atoms with E-state index in [-0.39, 0.29) is 5.56 Å². The molecule has 0 saturated carbocycles. The van der Waals surface area contributed by atoms with E-state index >= 15 is 0 Å². The van der Waals surface area contributed by atoms with Gasteiger partial charge in [-0.1, -0.05) is 29.8 Å². The quantitative estimate of drug-likeness (QED) is 0.798. The van der Waals surface area contributed by atoms with Crippen LogP contribution in [0, 0.1) is 0 Å². The van der Waals surface area contributed by atoms with E-state index in [2.05, 4.69) is 5.32 Å². The number of fused-ring (bicyclic) bond motifs is 1. The monoisotopic (exact) mass is 298 g/mol. The molecule has 0 amide bonds. The van der Waals surface area contributed by atoms with Crippen LogP contribution < -0.4 is 10.9 Å². The highest BCUT2D eigenvalue weighted by Gasteiger charge is 2.01. The molecular formula is C17H15ClN2O. The van der Waals surface area contributed by atoms with Crippen molar-refractivity contribution >= 4 is 28.2 Å². The Morgan fingerprint density at radius 1 is 1.05 bits per heavy atom. The van der Waals surface area contributed by atoms with E-state index in [9.17, 15) is 4.79 Å². The number of aromatic nitrogens is 1. The molecule has 1 aromatic heterocycles. The van der Waals surface area contributed by atoms with Crippen molar-refractivity contribution in [2.24, 2.45) is 7.05 Å². The van der Waals surface area contributed by atoms with Gasteiger partial charge in [-0.25, -0.2) is 0 Å². The molecule has 0 spiro atoms. The molecule has 1 heterocycles. The van der Waals surface area contributed by atoms with Gasteiger partial charge in [0.05, 0.1) is 5.52 Å². The summed E-state index contributed by atoms with van der Waals surface area (Å²) < 4.78 is 1.66. The number of benzene rings is 2. The Hall–Kier alpha value is -2.26. The summed E-state index contributed by atoms with van der Waals surface area (Å²) in [5.74, 6) is 0. The largest absolute Gasteiger partial charge is 0.381 e. The molecule has 3 rings (SSSR count). The van der Waals surface area contributed by atoms with Gasteiger partial charge in [-0.15, -0.1) is 0 Å². The molecule has 1 N–H and O–H groups in total. The van der Waals surface area contributed by atoms with E-state index in [1.807, 2.05) is 48.5 Å². The second-order valence-corrected chi connectivity index (χ2v) is 5.42. The maximum absolute atomic E-state index is 11.7. The fraction of sp³-hybridized carbons (Fsp3) is 0.118. The Bertz CT molecular complexity index is 838. The van der Waals surface area contributed by atoms with Crippen LogP contribution in [0.4, 0.5) is 5.69 Å². The Morgan fingerprint density at radius 2 is 1.76 bits per heavy atom. The third kappa shape index (κ3) is 2.93. The second-order valence-electron chi connectivity index (χ2n) is 4.98. The fourth-order valence-electron chi connectivity index (χ4n) is 2.28. The predicted molar refractivity (Wildman–Crippen MR) is 88.0 cm³/mol. The molecule has 106 valence electrons. The summed E-state index contributed by atoms with van der Waals surface area (Å²) in [6, 6.07) is 17.2. The van der Waals surface area contributed by atoms with Gasteiger partial charge in [0.25, 0.3) is 5.56 Å². The van der Waals surface area contributed by atoms with Crippen LogP contribution in [0.1, 0.15) is 5.56 Å². The molecule has 0 aliphatic carbocycles. The lowest BCUT2D eigenvalue weighted by Crippen LogP contribution is -2.15. The number of nitrogens with one attached hydrogen (secondary N) is 1. The van der Waals surface area contributed by atoms with Crippen LogP contribution in [0.15, 0.2) is 59.4 Å². The minimum atomic E-state index is -0.00245. The molecule has 0 saturated heterocycles. The molecule has 0 bridgehead atoms. The summed E-state index contributed by atoms with van der Waals surface area (Å²) in [5.41, 5.74) is 3.06. The number of nitrogens with zero attached hydrogens (tertiary/aromatic N) is 1. The first kappa shape index (κ1) is 13.7. The first-order chi connectivity index (χ1) is 10.1. The molecular weight excluding hydrogens is 284 g/mol. The number of anilines is 1. The van der Waals surface area contributed by atoms with Gasteiger partial charge in [0.2, 0.25) is 0 Å². The molecule has 0 fully saturated rings. The van der Waals surface area contributed by atoms with Crippen LogP contribution >= 0.6 is 11.6 Å². The standard InChI is InChI=1S/C17H15ClN2O/c1-20-16-10-15(8-4-13(16)5-9-17(20)21)19-11-12-2-6-14(18)7-3-12/h2-10,19H,11H2,1H3. The van der Waals surface area contributed by atoms with E-state index in [0.717, 1.165) is 27.2 Å². The molecule has 0 aliphatic rings. The van der Waals surface area contributed by atoms with Crippen molar-refractivity contribution in [3.05, 3.63) is 75.5 Å². The highest BCUT2D eigenvalue weighted by atomic mass is 35.5. The van der Waals surface area contributed by atoms with Crippen molar-refractivity contribution in [3.8, 4) is 0 Å². The Morgan fingerprint density at radius 3 is 2.52 bits per heavy atom. The van der Waals surface area contributed by atoms with Crippen LogP contribution in [0.5, 0.6) is 0 Å². The summed E-state index contributed by atoms with van der Waals surface area (Å²) in [5, 5.41) is 5.15. The predicted octanol–water partition coefficient (Wildman–Crippen LogP) is 3.80. The number of hydrogen-bond donors (Lipinski definition) is 1. The van der Waals surface area contributed by atoms with E-state index in [4.69, 9.17) is 11.6 Å². The molecule has 21 heavy (non-hydrogen) atoms. The minimum Gasteiger partial charge on any atom is -0.381 e. The van der Waals surface area contributed by atoms with E-state index in [0.29, 0.717) is 6.54 Å². The SMILES string of the molecule is Cn1c(=O)ccc2ccc(NCc3ccc(Cl)cc3)cc21. The van der Waals surface area contributed by atoms with Gasteiger partial charge in [0.15, 0.2) is 0 Å². The minimum absolute atomic E-state index is 0.00245. The van der Waals surface area contributed by atoms with Crippen molar-refractivity contribution in [1.29, 1.82) is 0 Å². The Balaban J connectivity index is 1.86. The summed E-state index contributed by atoms with van der Waals surface area (Å²) in [6.07, 6.45) is 0. The number of pyridine rings is 1. The third-order valence-electron chi connectivity index (χ3n) is 3.54. The van der Waals surface area contributed by atoms with Crippen LogP contribution in [-0.4, -0.2) is 4.57 Å². The molecule has 3 aromatic rings.